The Morgan fingerprint density at radius 2 is 1.73 bits per heavy atom. The van der Waals surface area contributed by atoms with E-state index in [0.29, 0.717) is 49.6 Å². The van der Waals surface area contributed by atoms with E-state index >= 15 is 0 Å². The van der Waals surface area contributed by atoms with Crippen molar-refractivity contribution in [3.05, 3.63) is 71.3 Å². The van der Waals surface area contributed by atoms with E-state index in [4.69, 9.17) is 9.47 Å². The number of ketones is 1. The lowest BCUT2D eigenvalue weighted by molar-refractivity contribution is -0.137. The topological polar surface area (TPSA) is 38.8 Å². The number of halogens is 3. The summed E-state index contributed by atoms with van der Waals surface area (Å²) in [6, 6.07) is 15.0. The molecule has 4 nitrogen and oxygen atoms in total. The summed E-state index contributed by atoms with van der Waals surface area (Å²) in [5.74, 6) is 1.51. The van der Waals surface area contributed by atoms with Crippen LogP contribution < -0.4 is 9.47 Å². The van der Waals surface area contributed by atoms with Gasteiger partial charge >= 0.3 is 6.18 Å². The number of hydrogen-bond acceptors (Lipinski definition) is 4. The summed E-state index contributed by atoms with van der Waals surface area (Å²) in [4.78, 5) is 15.0. The lowest BCUT2D eigenvalue weighted by atomic mass is 9.96. The Labute approximate surface area is 189 Å². The molecule has 2 heterocycles. The Balaban J connectivity index is 1.21. The number of hydrogen-bond donors (Lipinski definition) is 0. The molecular weight excluding hydrogens is 431 g/mol. The van der Waals surface area contributed by atoms with Crippen LogP contribution in [0, 0.1) is 0 Å². The molecule has 3 aromatic carbocycles. The third-order valence-electron chi connectivity index (χ3n) is 6.44. The van der Waals surface area contributed by atoms with Crippen LogP contribution in [0.2, 0.25) is 0 Å². The first kappa shape index (κ1) is 21.8. The van der Waals surface area contributed by atoms with E-state index in [1.165, 1.54) is 12.1 Å². The molecule has 3 aromatic rings. The standard InChI is InChI=1S/C26H24F3NO3/c27-26(28,29)22-3-1-2-17(13-22)20-6-8-30(16-20)9-7-23(31)19-5-4-18-14-24-25(15-21(18)12-19)33-11-10-32-24/h1-5,12-15,20H,6-11,16H2. The molecule has 0 spiro atoms. The third-order valence-corrected chi connectivity index (χ3v) is 6.44. The van der Waals surface area contributed by atoms with Crippen LogP contribution in [0.4, 0.5) is 13.2 Å². The largest absolute Gasteiger partial charge is 0.486 e. The first-order valence-electron chi connectivity index (χ1n) is 11.1. The van der Waals surface area contributed by atoms with Crippen molar-refractivity contribution in [3.63, 3.8) is 0 Å². The van der Waals surface area contributed by atoms with Gasteiger partial charge in [-0.05, 0) is 59.5 Å². The van der Waals surface area contributed by atoms with Crippen LogP contribution in [0.3, 0.4) is 0 Å². The van der Waals surface area contributed by atoms with Crippen LogP contribution in [0.15, 0.2) is 54.6 Å². The van der Waals surface area contributed by atoms with E-state index in [1.807, 2.05) is 30.3 Å². The molecule has 1 fully saturated rings. The van der Waals surface area contributed by atoms with Gasteiger partial charge in [-0.3, -0.25) is 4.79 Å². The molecule has 33 heavy (non-hydrogen) atoms. The number of Topliss-reactive ketones (excluding diaryl/α,β-unsaturated/α-hetero) is 1. The summed E-state index contributed by atoms with van der Waals surface area (Å²) in [6.45, 7) is 3.06. The normalized spacial score (nSPS) is 18.6. The molecule has 0 saturated carbocycles. The molecule has 1 unspecified atom stereocenters. The highest BCUT2D eigenvalue weighted by Gasteiger charge is 2.32. The van der Waals surface area contributed by atoms with Gasteiger partial charge in [0.05, 0.1) is 5.56 Å². The molecule has 1 atom stereocenters. The van der Waals surface area contributed by atoms with Crippen LogP contribution in [0.1, 0.15) is 40.2 Å². The van der Waals surface area contributed by atoms with Crippen molar-refractivity contribution < 1.29 is 27.4 Å². The summed E-state index contributed by atoms with van der Waals surface area (Å²) < 4.78 is 50.3. The first-order chi connectivity index (χ1) is 15.9. The van der Waals surface area contributed by atoms with Gasteiger partial charge in [-0.25, -0.2) is 0 Å². The lowest BCUT2D eigenvalue weighted by Gasteiger charge is -2.19. The highest BCUT2D eigenvalue weighted by atomic mass is 19.4. The maximum atomic E-state index is 13.0. The number of benzene rings is 3. The maximum absolute atomic E-state index is 13.0. The number of rotatable bonds is 5. The minimum Gasteiger partial charge on any atom is -0.486 e. The molecule has 0 aliphatic carbocycles. The molecule has 172 valence electrons. The Hall–Kier alpha value is -3.06. The van der Waals surface area contributed by atoms with Gasteiger partial charge in [0.25, 0.3) is 0 Å². The van der Waals surface area contributed by atoms with Gasteiger partial charge in [-0.1, -0.05) is 30.3 Å². The number of fused-ring (bicyclic) bond motifs is 2. The molecule has 2 aliphatic rings. The second-order valence-electron chi connectivity index (χ2n) is 8.64. The smallest absolute Gasteiger partial charge is 0.416 e. The minimum atomic E-state index is -4.33. The van der Waals surface area contributed by atoms with Gasteiger partial charge in [-0.15, -0.1) is 0 Å². The van der Waals surface area contributed by atoms with Crippen LogP contribution in [-0.2, 0) is 6.18 Å². The average Bonchev–Trinajstić information content (AvgIpc) is 3.29. The van der Waals surface area contributed by atoms with Crippen LogP contribution in [0.25, 0.3) is 10.8 Å². The van der Waals surface area contributed by atoms with Crippen LogP contribution >= 0.6 is 0 Å². The molecule has 0 bridgehead atoms. The second kappa shape index (κ2) is 8.71. The van der Waals surface area contributed by atoms with Gasteiger partial charge < -0.3 is 14.4 Å². The molecule has 0 radical (unpaired) electrons. The highest BCUT2D eigenvalue weighted by molar-refractivity contribution is 6.00. The average molecular weight is 455 g/mol. The maximum Gasteiger partial charge on any atom is 0.416 e. The summed E-state index contributed by atoms with van der Waals surface area (Å²) in [5.41, 5.74) is 0.749. The molecule has 5 rings (SSSR count). The number of likely N-dealkylation sites (tertiary alicyclic amines) is 1. The third kappa shape index (κ3) is 4.69. The Kier molecular flexibility index (Phi) is 5.74. The number of nitrogens with zero attached hydrogens (tertiary/aromatic N) is 1. The lowest BCUT2D eigenvalue weighted by Crippen LogP contribution is -2.23. The van der Waals surface area contributed by atoms with Gasteiger partial charge in [0, 0.05) is 25.1 Å². The fourth-order valence-corrected chi connectivity index (χ4v) is 4.64. The summed E-state index contributed by atoms with van der Waals surface area (Å²) in [5, 5.41) is 1.91. The predicted molar refractivity (Wildman–Crippen MR) is 119 cm³/mol. The van der Waals surface area contributed by atoms with Crippen molar-refractivity contribution in [3.8, 4) is 11.5 Å². The molecule has 0 aromatic heterocycles. The number of alkyl halides is 3. The Morgan fingerprint density at radius 1 is 0.970 bits per heavy atom. The number of ether oxygens (including phenoxy) is 2. The Morgan fingerprint density at radius 3 is 2.48 bits per heavy atom. The predicted octanol–water partition coefficient (Wildman–Crippen LogP) is 5.69. The van der Waals surface area contributed by atoms with Crippen molar-refractivity contribution in [2.45, 2.75) is 24.9 Å². The Bertz CT molecular complexity index is 1190. The minimum absolute atomic E-state index is 0.0503. The number of carbonyl (C=O) groups is 1. The quantitative estimate of drug-likeness (QED) is 0.463. The van der Waals surface area contributed by atoms with E-state index in [2.05, 4.69) is 4.90 Å². The van der Waals surface area contributed by atoms with Crippen molar-refractivity contribution in [2.75, 3.05) is 32.8 Å². The number of carbonyl (C=O) groups excluding carboxylic acids is 1. The van der Waals surface area contributed by atoms with Gasteiger partial charge in [0.1, 0.15) is 13.2 Å². The fraction of sp³-hybridized carbons (Fsp3) is 0.346. The van der Waals surface area contributed by atoms with Gasteiger partial charge in [0.2, 0.25) is 0 Å². The molecule has 1 saturated heterocycles. The molecule has 0 amide bonds. The zero-order valence-corrected chi connectivity index (χ0v) is 18.0. The van der Waals surface area contributed by atoms with E-state index in [-0.39, 0.29) is 11.7 Å². The summed E-state index contributed by atoms with van der Waals surface area (Å²) in [7, 11) is 0. The second-order valence-corrected chi connectivity index (χ2v) is 8.64. The van der Waals surface area contributed by atoms with E-state index in [0.717, 1.165) is 35.6 Å². The monoisotopic (exact) mass is 455 g/mol. The van der Waals surface area contributed by atoms with Gasteiger partial charge in [0.15, 0.2) is 17.3 Å². The van der Waals surface area contributed by atoms with Crippen LogP contribution in [0.5, 0.6) is 11.5 Å². The van der Waals surface area contributed by atoms with E-state index < -0.39 is 11.7 Å². The zero-order valence-electron chi connectivity index (χ0n) is 18.0. The van der Waals surface area contributed by atoms with Crippen molar-refractivity contribution in [1.29, 1.82) is 0 Å². The summed E-state index contributed by atoms with van der Waals surface area (Å²) in [6.07, 6.45) is -3.18. The zero-order chi connectivity index (χ0) is 23.0. The fourth-order valence-electron chi connectivity index (χ4n) is 4.64. The molecule has 7 heteroatoms. The van der Waals surface area contributed by atoms with Crippen LogP contribution in [-0.4, -0.2) is 43.5 Å². The highest BCUT2D eigenvalue weighted by Crippen LogP contribution is 2.36. The summed E-state index contributed by atoms with van der Waals surface area (Å²) >= 11 is 0. The van der Waals surface area contributed by atoms with E-state index in [1.54, 1.807) is 6.07 Å². The SMILES string of the molecule is O=C(CCN1CCC(c2cccc(C(F)(F)F)c2)C1)c1ccc2cc3c(cc2c1)OCCO3. The molecule has 0 N–H and O–H groups in total. The van der Waals surface area contributed by atoms with E-state index in [9.17, 15) is 18.0 Å². The molecular formula is C26H24F3NO3. The molecule has 2 aliphatic heterocycles. The van der Waals surface area contributed by atoms with Crippen molar-refractivity contribution in [2.24, 2.45) is 0 Å². The van der Waals surface area contributed by atoms with Crippen molar-refractivity contribution >= 4 is 16.6 Å². The first-order valence-corrected chi connectivity index (χ1v) is 11.1. The van der Waals surface area contributed by atoms with Crippen molar-refractivity contribution in [1.82, 2.24) is 4.90 Å². The van der Waals surface area contributed by atoms with Gasteiger partial charge in [-0.2, -0.15) is 13.2 Å².